The van der Waals surface area contributed by atoms with Gasteiger partial charge in [0.1, 0.15) is 16.6 Å². The molecule has 90 valence electrons. The molecule has 1 aliphatic heterocycles. The maximum Gasteiger partial charge on any atom is 0.116 e. The number of halogens is 1. The number of nitrogens with zero attached hydrogens (tertiary/aromatic N) is 1. The molecule has 18 heavy (non-hydrogen) atoms. The molecule has 0 saturated carbocycles. The van der Waals surface area contributed by atoms with Crippen molar-refractivity contribution in [3.8, 4) is 6.07 Å². The second kappa shape index (κ2) is 5.81. The lowest BCUT2D eigenvalue weighted by Crippen LogP contribution is -2.10. The molecule has 0 atom stereocenters. The van der Waals surface area contributed by atoms with E-state index in [2.05, 4.69) is 0 Å². The minimum Gasteiger partial charge on any atom is -0.389 e. The highest BCUT2D eigenvalue weighted by molar-refractivity contribution is 8.31. The van der Waals surface area contributed by atoms with Crippen LogP contribution in [0.5, 0.6) is 0 Å². The first kappa shape index (κ1) is 13.5. The molecule has 2 rings (SSSR count). The largest absolute Gasteiger partial charge is 0.389 e. The third-order valence-corrected chi connectivity index (χ3v) is 5.05. The lowest BCUT2D eigenvalue weighted by Gasteiger charge is -2.02. The first-order valence-electron chi connectivity index (χ1n) is 4.86. The number of rotatable bonds is 2. The van der Waals surface area contributed by atoms with Crippen molar-refractivity contribution < 1.29 is 0 Å². The van der Waals surface area contributed by atoms with Crippen LogP contribution in [0.2, 0.25) is 5.02 Å². The predicted molar refractivity (Wildman–Crippen MR) is 84.0 cm³/mol. The van der Waals surface area contributed by atoms with Crippen molar-refractivity contribution in [1.82, 2.24) is 0 Å². The molecule has 2 N–H and O–H groups in total. The van der Waals surface area contributed by atoms with Crippen molar-refractivity contribution in [3.05, 3.63) is 50.1 Å². The molecule has 1 aliphatic rings. The fourth-order valence-electron chi connectivity index (χ4n) is 1.31. The van der Waals surface area contributed by atoms with E-state index < -0.39 is 0 Å². The van der Waals surface area contributed by atoms with E-state index in [9.17, 15) is 0 Å². The molecule has 0 amide bonds. The topological polar surface area (TPSA) is 49.8 Å². The Morgan fingerprint density at radius 2 is 2.00 bits per heavy atom. The van der Waals surface area contributed by atoms with Crippen LogP contribution in [0.1, 0.15) is 5.56 Å². The predicted octanol–water partition coefficient (Wildman–Crippen LogP) is 4.14. The first-order chi connectivity index (χ1) is 8.61. The Morgan fingerprint density at radius 3 is 2.56 bits per heavy atom. The van der Waals surface area contributed by atoms with Gasteiger partial charge in [-0.25, -0.2) is 0 Å². The van der Waals surface area contributed by atoms with E-state index in [1.54, 1.807) is 0 Å². The van der Waals surface area contributed by atoms with Crippen LogP contribution in [-0.2, 0) is 0 Å². The Labute approximate surface area is 124 Å². The minimum atomic E-state index is 0.137. The van der Waals surface area contributed by atoms with E-state index in [0.717, 1.165) is 14.7 Å². The number of benzene rings is 1. The van der Waals surface area contributed by atoms with Gasteiger partial charge in [0.25, 0.3) is 0 Å². The zero-order valence-electron chi connectivity index (χ0n) is 9.01. The van der Waals surface area contributed by atoms with Crippen LogP contribution in [0, 0.1) is 11.3 Å². The van der Waals surface area contributed by atoms with E-state index >= 15 is 0 Å². The van der Waals surface area contributed by atoms with E-state index in [-0.39, 0.29) is 4.99 Å². The van der Waals surface area contributed by atoms with Crippen LogP contribution in [0.15, 0.2) is 39.5 Å². The molecule has 2 nitrogen and oxygen atoms in total. The van der Waals surface area contributed by atoms with Gasteiger partial charge in [0.15, 0.2) is 0 Å². The van der Waals surface area contributed by atoms with Crippen molar-refractivity contribution in [3.63, 3.8) is 0 Å². The molecule has 0 aliphatic carbocycles. The first-order valence-corrected chi connectivity index (χ1v) is 7.35. The molecular weight excluding hydrogens is 304 g/mol. The number of nitriles is 1. The summed E-state index contributed by atoms with van der Waals surface area (Å²) in [5.41, 5.74) is 6.95. The second-order valence-electron chi connectivity index (χ2n) is 3.35. The fourth-order valence-corrected chi connectivity index (χ4v) is 3.99. The highest BCUT2D eigenvalue weighted by atomic mass is 35.5. The lowest BCUT2D eigenvalue weighted by molar-refractivity contribution is 1.51. The maximum absolute atomic E-state index is 9.01. The van der Waals surface area contributed by atoms with Crippen molar-refractivity contribution in [2.45, 2.75) is 0 Å². The van der Waals surface area contributed by atoms with Gasteiger partial charge in [-0.05, 0) is 23.1 Å². The maximum atomic E-state index is 9.01. The summed E-state index contributed by atoms with van der Waals surface area (Å²) in [6, 6.07) is 9.60. The van der Waals surface area contributed by atoms with Crippen molar-refractivity contribution in [2.75, 3.05) is 0 Å². The summed E-state index contributed by atoms with van der Waals surface area (Å²) in [4.78, 5) is 1.20. The summed E-state index contributed by atoms with van der Waals surface area (Å²) < 4.78 is 0.829. The molecule has 0 aromatic heterocycles. The summed E-state index contributed by atoms with van der Waals surface area (Å²) in [7, 11) is 0. The molecule has 0 fully saturated rings. The van der Waals surface area contributed by atoms with Crippen LogP contribution < -0.4 is 5.73 Å². The molecule has 0 spiro atoms. The molecule has 0 unspecified atom stereocenters. The molecule has 0 bridgehead atoms. The molecule has 1 aromatic carbocycles. The van der Waals surface area contributed by atoms with Gasteiger partial charge in [0.2, 0.25) is 0 Å². The number of hydrogen-bond acceptors (Lipinski definition) is 4. The smallest absolute Gasteiger partial charge is 0.116 e. The quantitative estimate of drug-likeness (QED) is 0.505. The number of nitrogens with two attached hydrogens (primary N) is 1. The molecular formula is C12H7ClN2S3. The lowest BCUT2D eigenvalue weighted by atomic mass is 10.2. The minimum absolute atomic E-state index is 0.137. The standard InChI is InChI=1S/C12H7ClN2S3/c13-8-3-1-7(2-4-8)10-6-17-12(18-10)9(5-14)11(15)16/h1-4,6H,(H2,15,16)/b12-9+. The van der Waals surface area contributed by atoms with Crippen molar-refractivity contribution >= 4 is 57.2 Å². The van der Waals surface area contributed by atoms with Crippen LogP contribution in [0.25, 0.3) is 4.91 Å². The van der Waals surface area contributed by atoms with E-state index in [1.165, 1.54) is 23.5 Å². The zero-order chi connectivity index (χ0) is 13.1. The van der Waals surface area contributed by atoms with Crippen molar-refractivity contribution in [2.24, 2.45) is 5.73 Å². The Hall–Kier alpha value is -0.930. The molecule has 0 saturated heterocycles. The summed E-state index contributed by atoms with van der Waals surface area (Å²) in [6.07, 6.45) is 0. The van der Waals surface area contributed by atoms with Crippen molar-refractivity contribution in [1.29, 1.82) is 5.26 Å². The van der Waals surface area contributed by atoms with E-state index in [1.807, 2.05) is 35.7 Å². The molecule has 0 radical (unpaired) electrons. The van der Waals surface area contributed by atoms with Gasteiger partial charge >= 0.3 is 0 Å². The van der Waals surface area contributed by atoms with Crippen LogP contribution in [0.3, 0.4) is 0 Å². The molecule has 6 heteroatoms. The van der Waals surface area contributed by atoms with Gasteiger partial charge in [-0.1, -0.05) is 59.5 Å². The molecule has 1 aromatic rings. The number of hydrogen-bond donors (Lipinski definition) is 1. The van der Waals surface area contributed by atoms with Gasteiger partial charge in [0.05, 0.1) is 4.24 Å². The average molecular weight is 311 g/mol. The van der Waals surface area contributed by atoms with Crippen LogP contribution >= 0.6 is 47.3 Å². The Bertz CT molecular complexity index is 597. The van der Waals surface area contributed by atoms with Gasteiger partial charge in [-0.15, -0.1) is 0 Å². The van der Waals surface area contributed by atoms with Gasteiger partial charge in [-0.2, -0.15) is 5.26 Å². The SMILES string of the molecule is N#C/C(C(N)=S)=C1/SC=C(c2ccc(Cl)cc2)S1. The summed E-state index contributed by atoms with van der Waals surface area (Å²) in [5, 5.41) is 11.7. The molecule has 1 heterocycles. The summed E-state index contributed by atoms with van der Waals surface area (Å²) in [5.74, 6) is 0. The number of thiocarbonyl (C=S) groups is 1. The summed E-state index contributed by atoms with van der Waals surface area (Å²) in [6.45, 7) is 0. The highest BCUT2D eigenvalue weighted by Crippen LogP contribution is 2.49. The monoisotopic (exact) mass is 310 g/mol. The fraction of sp³-hybridized carbons (Fsp3) is 0. The van der Waals surface area contributed by atoms with E-state index in [0.29, 0.717) is 10.6 Å². The summed E-state index contributed by atoms with van der Waals surface area (Å²) >= 11 is 13.7. The third-order valence-electron chi connectivity index (χ3n) is 2.17. The Morgan fingerprint density at radius 1 is 1.33 bits per heavy atom. The average Bonchev–Trinajstić information content (AvgIpc) is 2.80. The van der Waals surface area contributed by atoms with Crippen LogP contribution in [0.4, 0.5) is 0 Å². The van der Waals surface area contributed by atoms with Gasteiger partial charge in [0, 0.05) is 9.93 Å². The number of thioether (sulfide) groups is 2. The highest BCUT2D eigenvalue weighted by Gasteiger charge is 2.19. The Kier molecular flexibility index (Phi) is 4.36. The van der Waals surface area contributed by atoms with Crippen LogP contribution in [-0.4, -0.2) is 4.99 Å². The zero-order valence-corrected chi connectivity index (χ0v) is 12.2. The van der Waals surface area contributed by atoms with Gasteiger partial charge < -0.3 is 5.73 Å². The van der Waals surface area contributed by atoms with Gasteiger partial charge in [-0.3, -0.25) is 0 Å². The normalized spacial score (nSPS) is 17.0. The van der Waals surface area contributed by atoms with E-state index in [4.69, 9.17) is 34.8 Å². The third kappa shape index (κ3) is 2.90. The Balaban J connectivity index is 2.25. The second-order valence-corrected chi connectivity index (χ2v) is 6.41.